The van der Waals surface area contributed by atoms with Crippen LogP contribution in [0.25, 0.3) is 0 Å². The smallest absolute Gasteiger partial charge is 0.240 e. The van der Waals surface area contributed by atoms with Crippen LogP contribution in [0.5, 0.6) is 5.75 Å². The second-order valence-corrected chi connectivity index (χ2v) is 7.63. The van der Waals surface area contributed by atoms with Crippen molar-refractivity contribution in [2.45, 2.75) is 32.1 Å². The van der Waals surface area contributed by atoms with Gasteiger partial charge in [0.15, 0.2) is 0 Å². The SMILES string of the molecule is CCOc1ccccc1NC(=O)CCNS(=O)(=O)c1ccc(C)cc1C. The van der Waals surface area contributed by atoms with Crippen LogP contribution in [0, 0.1) is 13.8 Å². The van der Waals surface area contributed by atoms with Crippen molar-refractivity contribution >= 4 is 21.6 Å². The largest absolute Gasteiger partial charge is 0.492 e. The minimum absolute atomic E-state index is 0.0122. The lowest BCUT2D eigenvalue weighted by Gasteiger charge is -2.12. The Morgan fingerprint density at radius 3 is 2.54 bits per heavy atom. The van der Waals surface area contributed by atoms with E-state index in [1.165, 1.54) is 0 Å². The van der Waals surface area contributed by atoms with Crippen LogP contribution in [0.2, 0.25) is 0 Å². The van der Waals surface area contributed by atoms with Crippen molar-refractivity contribution in [1.29, 1.82) is 0 Å². The molecule has 2 aromatic rings. The summed E-state index contributed by atoms with van der Waals surface area (Å²) in [5.41, 5.74) is 2.23. The standard InChI is InChI=1S/C19H24N2O4S/c1-4-25-17-8-6-5-7-16(17)21-19(22)11-12-20-26(23,24)18-10-9-14(2)13-15(18)3/h5-10,13,20H,4,11-12H2,1-3H3,(H,21,22). The molecule has 0 aliphatic rings. The zero-order valence-electron chi connectivity index (χ0n) is 15.2. The number of ether oxygens (including phenoxy) is 1. The molecule has 0 bridgehead atoms. The van der Waals surface area contributed by atoms with Crippen molar-refractivity contribution in [2.24, 2.45) is 0 Å². The molecule has 1 amide bonds. The molecule has 0 aliphatic carbocycles. The van der Waals surface area contributed by atoms with E-state index >= 15 is 0 Å². The van der Waals surface area contributed by atoms with E-state index in [4.69, 9.17) is 4.74 Å². The number of hydrogen-bond donors (Lipinski definition) is 2. The molecule has 0 spiro atoms. The normalized spacial score (nSPS) is 11.2. The first-order valence-electron chi connectivity index (χ1n) is 8.42. The van der Waals surface area contributed by atoms with Gasteiger partial charge in [-0.15, -0.1) is 0 Å². The third-order valence-electron chi connectivity index (χ3n) is 3.73. The first-order valence-corrected chi connectivity index (χ1v) is 9.90. The Balaban J connectivity index is 1.94. The minimum atomic E-state index is -3.65. The molecule has 0 unspecified atom stereocenters. The van der Waals surface area contributed by atoms with E-state index < -0.39 is 10.0 Å². The number of para-hydroxylation sites is 2. The Morgan fingerprint density at radius 1 is 1.12 bits per heavy atom. The van der Waals surface area contributed by atoms with Crippen LogP contribution in [0.3, 0.4) is 0 Å². The van der Waals surface area contributed by atoms with Crippen LogP contribution in [0.4, 0.5) is 5.69 Å². The van der Waals surface area contributed by atoms with Crippen LogP contribution in [-0.2, 0) is 14.8 Å². The molecule has 0 radical (unpaired) electrons. The van der Waals surface area contributed by atoms with E-state index in [1.807, 2.05) is 26.0 Å². The van der Waals surface area contributed by atoms with Gasteiger partial charge in [-0.05, 0) is 44.5 Å². The maximum absolute atomic E-state index is 12.4. The van der Waals surface area contributed by atoms with E-state index in [0.717, 1.165) is 5.56 Å². The molecule has 0 aromatic heterocycles. The molecule has 0 saturated heterocycles. The summed E-state index contributed by atoms with van der Waals surface area (Å²) in [5.74, 6) is 0.291. The fourth-order valence-corrected chi connectivity index (χ4v) is 3.80. The van der Waals surface area contributed by atoms with E-state index in [1.54, 1.807) is 37.3 Å². The predicted molar refractivity (Wildman–Crippen MR) is 102 cm³/mol. The summed E-state index contributed by atoms with van der Waals surface area (Å²) >= 11 is 0. The molecule has 6 nitrogen and oxygen atoms in total. The van der Waals surface area contributed by atoms with Gasteiger partial charge in [0.1, 0.15) is 5.75 Å². The Bertz CT molecular complexity index is 879. The average Bonchev–Trinajstić information content (AvgIpc) is 2.56. The van der Waals surface area contributed by atoms with E-state index in [-0.39, 0.29) is 23.8 Å². The highest BCUT2D eigenvalue weighted by atomic mass is 32.2. The third-order valence-corrected chi connectivity index (χ3v) is 5.35. The van der Waals surface area contributed by atoms with E-state index in [0.29, 0.717) is 23.6 Å². The highest BCUT2D eigenvalue weighted by molar-refractivity contribution is 7.89. The lowest BCUT2D eigenvalue weighted by Crippen LogP contribution is -2.28. The quantitative estimate of drug-likeness (QED) is 0.742. The monoisotopic (exact) mass is 376 g/mol. The highest BCUT2D eigenvalue weighted by Gasteiger charge is 2.17. The number of amides is 1. The average molecular weight is 376 g/mol. The number of aryl methyl sites for hydroxylation is 2. The number of carbonyl (C=O) groups is 1. The number of hydrogen-bond acceptors (Lipinski definition) is 4. The van der Waals surface area contributed by atoms with Gasteiger partial charge < -0.3 is 10.1 Å². The molecule has 7 heteroatoms. The molecular formula is C19H24N2O4S. The fraction of sp³-hybridized carbons (Fsp3) is 0.316. The van der Waals surface area contributed by atoms with Gasteiger partial charge in [0, 0.05) is 13.0 Å². The summed E-state index contributed by atoms with van der Waals surface area (Å²) in [7, 11) is -3.65. The Labute approximate surface area is 154 Å². The summed E-state index contributed by atoms with van der Waals surface area (Å²) in [4.78, 5) is 12.3. The molecule has 0 saturated carbocycles. The summed E-state index contributed by atoms with van der Waals surface area (Å²) in [6.07, 6.45) is 0.0185. The van der Waals surface area contributed by atoms with Gasteiger partial charge in [0.25, 0.3) is 0 Å². The minimum Gasteiger partial charge on any atom is -0.492 e. The molecule has 0 fully saturated rings. The van der Waals surface area contributed by atoms with Crippen molar-refractivity contribution < 1.29 is 17.9 Å². The third kappa shape index (κ3) is 5.31. The molecular weight excluding hydrogens is 352 g/mol. The van der Waals surface area contributed by atoms with Gasteiger partial charge >= 0.3 is 0 Å². The molecule has 0 heterocycles. The van der Waals surface area contributed by atoms with Crippen molar-refractivity contribution in [3.63, 3.8) is 0 Å². The van der Waals surface area contributed by atoms with Gasteiger partial charge in [-0.1, -0.05) is 29.8 Å². The number of sulfonamides is 1. The molecule has 2 rings (SSSR count). The van der Waals surface area contributed by atoms with Crippen molar-refractivity contribution in [3.05, 3.63) is 53.6 Å². The van der Waals surface area contributed by atoms with Gasteiger partial charge in [0.05, 0.1) is 17.2 Å². The second-order valence-electron chi connectivity index (χ2n) is 5.89. The molecule has 0 atom stereocenters. The Kier molecular flexibility index (Phi) is 6.76. The number of carbonyl (C=O) groups excluding carboxylic acids is 1. The molecule has 2 N–H and O–H groups in total. The lowest BCUT2D eigenvalue weighted by molar-refractivity contribution is -0.116. The Hall–Kier alpha value is -2.38. The summed E-state index contributed by atoms with van der Waals surface area (Å²) < 4.78 is 32.7. The van der Waals surface area contributed by atoms with Crippen molar-refractivity contribution in [1.82, 2.24) is 4.72 Å². The van der Waals surface area contributed by atoms with E-state index in [9.17, 15) is 13.2 Å². The molecule has 2 aromatic carbocycles. The first-order chi connectivity index (χ1) is 12.3. The van der Waals surface area contributed by atoms with Crippen LogP contribution < -0.4 is 14.8 Å². The van der Waals surface area contributed by atoms with Gasteiger partial charge in [-0.2, -0.15) is 0 Å². The maximum Gasteiger partial charge on any atom is 0.240 e. The predicted octanol–water partition coefficient (Wildman–Crippen LogP) is 3.01. The number of anilines is 1. The first kappa shape index (κ1) is 19.9. The number of benzene rings is 2. The number of rotatable bonds is 8. The van der Waals surface area contributed by atoms with Crippen LogP contribution in [0.15, 0.2) is 47.4 Å². The molecule has 140 valence electrons. The zero-order chi connectivity index (χ0) is 19.2. The summed E-state index contributed by atoms with van der Waals surface area (Å²) in [6, 6.07) is 12.3. The van der Waals surface area contributed by atoms with Crippen LogP contribution in [0.1, 0.15) is 24.5 Å². The Morgan fingerprint density at radius 2 is 1.85 bits per heavy atom. The second kappa shape index (κ2) is 8.82. The van der Waals surface area contributed by atoms with Crippen LogP contribution in [-0.4, -0.2) is 27.5 Å². The van der Waals surface area contributed by atoms with E-state index in [2.05, 4.69) is 10.0 Å². The van der Waals surface area contributed by atoms with Gasteiger partial charge in [-0.3, -0.25) is 4.79 Å². The highest BCUT2D eigenvalue weighted by Crippen LogP contribution is 2.23. The summed E-state index contributed by atoms with van der Waals surface area (Å²) in [6.45, 7) is 6.02. The molecule has 26 heavy (non-hydrogen) atoms. The molecule has 0 aliphatic heterocycles. The topological polar surface area (TPSA) is 84.5 Å². The van der Waals surface area contributed by atoms with Crippen molar-refractivity contribution in [3.8, 4) is 5.75 Å². The van der Waals surface area contributed by atoms with Crippen molar-refractivity contribution in [2.75, 3.05) is 18.5 Å². The summed E-state index contributed by atoms with van der Waals surface area (Å²) in [5, 5.41) is 2.74. The lowest BCUT2D eigenvalue weighted by atomic mass is 10.2. The fourth-order valence-electron chi connectivity index (χ4n) is 2.54. The van der Waals surface area contributed by atoms with Gasteiger partial charge in [0.2, 0.25) is 15.9 Å². The van der Waals surface area contributed by atoms with Crippen LogP contribution >= 0.6 is 0 Å². The van der Waals surface area contributed by atoms with Gasteiger partial charge in [-0.25, -0.2) is 13.1 Å². The zero-order valence-corrected chi connectivity index (χ0v) is 16.0. The maximum atomic E-state index is 12.4. The number of nitrogens with one attached hydrogen (secondary N) is 2.